The van der Waals surface area contributed by atoms with E-state index >= 15 is 0 Å². The fraction of sp³-hybridized carbons (Fsp3) is 0.556. The van der Waals surface area contributed by atoms with Crippen LogP contribution >= 0.6 is 0 Å². The molecule has 2 aromatic rings. The van der Waals surface area contributed by atoms with Crippen molar-refractivity contribution in [2.45, 2.75) is 58.0 Å². The zero-order valence-corrected chi connectivity index (χ0v) is 12.6. The number of hydrogen-bond donors (Lipinski definition) is 1. The molecule has 0 saturated heterocycles. The summed E-state index contributed by atoms with van der Waals surface area (Å²) >= 11 is 0. The van der Waals surface area contributed by atoms with Crippen LogP contribution in [0.2, 0.25) is 0 Å². The highest BCUT2D eigenvalue weighted by molar-refractivity contribution is 5.83. The molecule has 1 N–H and O–H groups in total. The third kappa shape index (κ3) is 2.76. The Labute approximate surface area is 122 Å². The lowest BCUT2D eigenvalue weighted by Gasteiger charge is -2.19. The molecule has 20 heavy (non-hydrogen) atoms. The van der Waals surface area contributed by atoms with Gasteiger partial charge in [0.1, 0.15) is 0 Å². The number of nitrogens with one attached hydrogen (secondary N) is 1. The molecule has 1 saturated carbocycles. The third-order valence-corrected chi connectivity index (χ3v) is 4.61. The second-order valence-corrected chi connectivity index (χ2v) is 6.00. The number of rotatable bonds is 4. The first-order chi connectivity index (χ1) is 9.90. The van der Waals surface area contributed by atoms with E-state index < -0.39 is 0 Å². The second-order valence-electron chi connectivity index (χ2n) is 6.00. The van der Waals surface area contributed by atoms with Crippen LogP contribution in [0.4, 0.5) is 0 Å². The fourth-order valence-electron chi connectivity index (χ4n) is 3.54. The van der Waals surface area contributed by atoms with Crippen LogP contribution in [0.5, 0.6) is 0 Å². The molecule has 1 aromatic carbocycles. The average molecular weight is 270 g/mol. The molecule has 1 aliphatic rings. The molecule has 0 unspecified atom stereocenters. The van der Waals surface area contributed by atoms with Crippen molar-refractivity contribution in [2.24, 2.45) is 0 Å². The molecule has 2 heteroatoms. The number of fused-ring (bicyclic) bond motifs is 1. The normalized spacial score (nSPS) is 17.4. The number of aromatic nitrogens is 1. The number of nitrogens with zero attached hydrogens (tertiary/aromatic N) is 1. The highest BCUT2D eigenvalue weighted by Crippen LogP contribution is 2.32. The van der Waals surface area contributed by atoms with Crippen LogP contribution in [-0.4, -0.2) is 11.1 Å². The van der Waals surface area contributed by atoms with E-state index in [4.69, 9.17) is 0 Å². The maximum Gasteiger partial charge on any atom is 0.0528 e. The van der Waals surface area contributed by atoms with Gasteiger partial charge in [0.15, 0.2) is 0 Å². The van der Waals surface area contributed by atoms with Gasteiger partial charge in [0, 0.05) is 18.8 Å². The van der Waals surface area contributed by atoms with Crippen molar-refractivity contribution < 1.29 is 0 Å². The molecule has 1 aliphatic carbocycles. The minimum absolute atomic E-state index is 0.706. The van der Waals surface area contributed by atoms with Crippen LogP contribution in [-0.2, 0) is 6.54 Å². The third-order valence-electron chi connectivity index (χ3n) is 4.61. The van der Waals surface area contributed by atoms with Gasteiger partial charge in [-0.05, 0) is 36.4 Å². The molecular formula is C18H26N2. The minimum Gasteiger partial charge on any atom is -0.344 e. The minimum atomic E-state index is 0.706. The molecule has 0 bridgehead atoms. The molecule has 1 aromatic heterocycles. The maximum absolute atomic E-state index is 3.48. The maximum atomic E-state index is 3.48. The predicted molar refractivity (Wildman–Crippen MR) is 86.1 cm³/mol. The van der Waals surface area contributed by atoms with Gasteiger partial charge in [-0.1, -0.05) is 50.8 Å². The zero-order chi connectivity index (χ0) is 13.8. The van der Waals surface area contributed by atoms with Crippen molar-refractivity contribution in [2.75, 3.05) is 6.54 Å². The van der Waals surface area contributed by atoms with E-state index in [0.717, 1.165) is 13.1 Å². The van der Waals surface area contributed by atoms with Crippen molar-refractivity contribution >= 4 is 10.9 Å². The van der Waals surface area contributed by atoms with Crippen LogP contribution in [0, 0.1) is 0 Å². The Morgan fingerprint density at radius 1 is 1.10 bits per heavy atom. The molecule has 2 nitrogen and oxygen atoms in total. The molecule has 1 heterocycles. The topological polar surface area (TPSA) is 17.0 Å². The first kappa shape index (κ1) is 13.7. The molecule has 0 radical (unpaired) electrons. The van der Waals surface area contributed by atoms with Crippen molar-refractivity contribution in [1.82, 2.24) is 9.88 Å². The van der Waals surface area contributed by atoms with Crippen LogP contribution in [0.15, 0.2) is 30.5 Å². The summed E-state index contributed by atoms with van der Waals surface area (Å²) < 4.78 is 2.56. The van der Waals surface area contributed by atoms with Crippen LogP contribution < -0.4 is 5.32 Å². The fourth-order valence-corrected chi connectivity index (χ4v) is 3.54. The van der Waals surface area contributed by atoms with Crippen LogP contribution in [0.1, 0.15) is 57.1 Å². The average Bonchev–Trinajstić information content (AvgIpc) is 2.73. The SMILES string of the molecule is CCNCc1cccc2ccn(C3CCCCCC3)c12. The van der Waals surface area contributed by atoms with Gasteiger partial charge >= 0.3 is 0 Å². The van der Waals surface area contributed by atoms with Crippen LogP contribution in [0.3, 0.4) is 0 Å². The highest BCUT2D eigenvalue weighted by atomic mass is 15.0. The molecule has 3 rings (SSSR count). The number of hydrogen-bond acceptors (Lipinski definition) is 1. The lowest BCUT2D eigenvalue weighted by Crippen LogP contribution is -2.14. The largest absolute Gasteiger partial charge is 0.344 e. The Morgan fingerprint density at radius 3 is 2.65 bits per heavy atom. The number of para-hydroxylation sites is 1. The molecule has 108 valence electrons. The van der Waals surface area contributed by atoms with Gasteiger partial charge in [-0.25, -0.2) is 0 Å². The summed E-state index contributed by atoms with van der Waals surface area (Å²) in [6, 6.07) is 9.70. The van der Waals surface area contributed by atoms with Gasteiger partial charge in [-0.15, -0.1) is 0 Å². The monoisotopic (exact) mass is 270 g/mol. The summed E-state index contributed by atoms with van der Waals surface area (Å²) in [5.74, 6) is 0. The summed E-state index contributed by atoms with van der Waals surface area (Å²) in [6.45, 7) is 4.18. The van der Waals surface area contributed by atoms with Gasteiger partial charge in [-0.2, -0.15) is 0 Å². The Bertz CT molecular complexity index is 548. The molecule has 1 fully saturated rings. The van der Waals surface area contributed by atoms with Gasteiger partial charge in [-0.3, -0.25) is 0 Å². The lowest BCUT2D eigenvalue weighted by atomic mass is 10.1. The van der Waals surface area contributed by atoms with E-state index in [-0.39, 0.29) is 0 Å². The summed E-state index contributed by atoms with van der Waals surface area (Å²) in [5, 5.41) is 4.87. The summed E-state index contributed by atoms with van der Waals surface area (Å²) in [7, 11) is 0. The summed E-state index contributed by atoms with van der Waals surface area (Å²) in [4.78, 5) is 0. The molecular weight excluding hydrogens is 244 g/mol. The van der Waals surface area contributed by atoms with Crippen molar-refractivity contribution in [1.29, 1.82) is 0 Å². The van der Waals surface area contributed by atoms with Gasteiger partial charge in [0.2, 0.25) is 0 Å². The number of benzene rings is 1. The second kappa shape index (κ2) is 6.45. The van der Waals surface area contributed by atoms with E-state index in [1.165, 1.54) is 55.0 Å². The summed E-state index contributed by atoms with van der Waals surface area (Å²) in [6.07, 6.45) is 10.6. The molecule has 0 aliphatic heterocycles. The quantitative estimate of drug-likeness (QED) is 0.800. The van der Waals surface area contributed by atoms with Gasteiger partial charge in [0.05, 0.1) is 5.52 Å². The molecule has 0 atom stereocenters. The molecule has 0 amide bonds. The first-order valence-electron chi connectivity index (χ1n) is 8.19. The Balaban J connectivity index is 1.97. The summed E-state index contributed by atoms with van der Waals surface area (Å²) in [5.41, 5.74) is 2.90. The van der Waals surface area contributed by atoms with Crippen molar-refractivity contribution in [3.63, 3.8) is 0 Å². The van der Waals surface area contributed by atoms with Gasteiger partial charge in [0.25, 0.3) is 0 Å². The first-order valence-corrected chi connectivity index (χ1v) is 8.19. The van der Waals surface area contributed by atoms with E-state index in [9.17, 15) is 0 Å². The Kier molecular flexibility index (Phi) is 4.41. The van der Waals surface area contributed by atoms with E-state index in [0.29, 0.717) is 6.04 Å². The molecule has 0 spiro atoms. The van der Waals surface area contributed by atoms with Crippen LogP contribution in [0.25, 0.3) is 10.9 Å². The predicted octanol–water partition coefficient (Wildman–Crippen LogP) is 4.65. The van der Waals surface area contributed by atoms with Crippen molar-refractivity contribution in [3.8, 4) is 0 Å². The van der Waals surface area contributed by atoms with Gasteiger partial charge < -0.3 is 9.88 Å². The smallest absolute Gasteiger partial charge is 0.0528 e. The van der Waals surface area contributed by atoms with E-state index in [1.807, 2.05) is 0 Å². The Hall–Kier alpha value is -1.28. The zero-order valence-electron chi connectivity index (χ0n) is 12.6. The standard InChI is InChI=1S/C18H26N2/c1-2-19-14-16-9-7-8-15-12-13-20(18(15)16)17-10-5-3-4-6-11-17/h7-9,12-13,17,19H,2-6,10-11,14H2,1H3. The van der Waals surface area contributed by atoms with E-state index in [1.54, 1.807) is 0 Å². The highest BCUT2D eigenvalue weighted by Gasteiger charge is 2.16. The van der Waals surface area contributed by atoms with Crippen molar-refractivity contribution in [3.05, 3.63) is 36.0 Å². The lowest BCUT2D eigenvalue weighted by molar-refractivity contribution is 0.455. The van der Waals surface area contributed by atoms with E-state index in [2.05, 4.69) is 47.3 Å². The Morgan fingerprint density at radius 2 is 1.90 bits per heavy atom.